The van der Waals surface area contributed by atoms with Crippen LogP contribution in [0, 0.1) is 30.5 Å². The lowest BCUT2D eigenvalue weighted by molar-refractivity contribution is 0.0920. The van der Waals surface area contributed by atoms with E-state index in [1.165, 1.54) is 19.6 Å². The number of nitrogens with zero attached hydrogens (tertiary/aromatic N) is 2. The van der Waals surface area contributed by atoms with E-state index < -0.39 is 0 Å². The Labute approximate surface area is 230 Å². The predicted molar refractivity (Wildman–Crippen MR) is 156 cm³/mol. The molecular formula is C32H37FN4O2. The van der Waals surface area contributed by atoms with Crippen LogP contribution < -0.4 is 15.4 Å². The molecule has 2 unspecified atom stereocenters. The minimum Gasteiger partial charge on any atom is -0.494 e. The Morgan fingerprint density at radius 3 is 2.77 bits per heavy atom. The van der Waals surface area contributed by atoms with Crippen LogP contribution >= 0.6 is 0 Å². The molecule has 39 heavy (non-hydrogen) atoms. The molecule has 2 N–H and O–H groups in total. The first-order valence-corrected chi connectivity index (χ1v) is 13.9. The molecule has 6 nitrogen and oxygen atoms in total. The highest BCUT2D eigenvalue weighted by Gasteiger charge is 2.25. The fourth-order valence-corrected chi connectivity index (χ4v) is 5.46. The van der Waals surface area contributed by atoms with Gasteiger partial charge in [-0.15, -0.1) is 0 Å². The number of benzene rings is 2. The summed E-state index contributed by atoms with van der Waals surface area (Å²) in [4.78, 5) is 22.5. The number of carbonyl (C=O) groups is 1. The van der Waals surface area contributed by atoms with Gasteiger partial charge in [0.05, 0.1) is 12.8 Å². The lowest BCUT2D eigenvalue weighted by Gasteiger charge is -2.27. The van der Waals surface area contributed by atoms with Gasteiger partial charge >= 0.3 is 0 Å². The number of ether oxygens (including phenoxy) is 1. The number of methoxy groups -OCH3 is 1. The second kappa shape index (κ2) is 12.1. The highest BCUT2D eigenvalue weighted by molar-refractivity contribution is 6.47. The number of fused-ring (bicyclic) bond motifs is 1. The van der Waals surface area contributed by atoms with Crippen molar-refractivity contribution in [3.8, 4) is 5.75 Å². The van der Waals surface area contributed by atoms with Gasteiger partial charge in [0.2, 0.25) is 0 Å². The smallest absolute Gasteiger partial charge is 0.165 e. The fourth-order valence-electron chi connectivity index (χ4n) is 5.46. The summed E-state index contributed by atoms with van der Waals surface area (Å²) in [7, 11) is 1.46. The van der Waals surface area contributed by atoms with E-state index in [-0.39, 0.29) is 29.2 Å². The van der Waals surface area contributed by atoms with Gasteiger partial charge in [0.25, 0.3) is 0 Å². The Morgan fingerprint density at radius 2 is 2.05 bits per heavy atom. The van der Waals surface area contributed by atoms with Gasteiger partial charge in [-0.1, -0.05) is 25.5 Å². The van der Waals surface area contributed by atoms with Gasteiger partial charge in [-0.2, -0.15) is 0 Å². The van der Waals surface area contributed by atoms with Crippen LogP contribution in [0.4, 0.5) is 10.1 Å². The number of nitrogens with one attached hydrogen (secondary N) is 2. The molecule has 0 spiro atoms. The largest absolute Gasteiger partial charge is 0.494 e. The predicted octanol–water partition coefficient (Wildman–Crippen LogP) is 6.58. The molecule has 2 aromatic carbocycles. The topological polar surface area (TPSA) is 75.1 Å². The zero-order valence-corrected chi connectivity index (χ0v) is 23.0. The minimum absolute atomic E-state index is 0.0182. The standard InChI is InChI=1S/C32H37FN4O2/c1-20(5-4-6-22-17-34-18-22)31(38)27-11-10-26(15-21(27)2)37-32-30-23(13-14-35-32)7-8-25(19-36-30)24-9-12-29(39-3)28(33)16-24/h9-16,19-20,22-23,34H,4-8,17-18H2,1-3H3,(H,35,37). The van der Waals surface area contributed by atoms with Crippen molar-refractivity contribution in [1.82, 2.24) is 5.32 Å². The second-order valence-electron chi connectivity index (χ2n) is 10.9. The van der Waals surface area contributed by atoms with Crippen LogP contribution in [-0.2, 0) is 0 Å². The molecule has 1 saturated heterocycles. The number of carbonyl (C=O) groups excluding carboxylic acids is 1. The number of rotatable bonds is 9. The van der Waals surface area contributed by atoms with Crippen LogP contribution in [0.25, 0.3) is 5.57 Å². The van der Waals surface area contributed by atoms with Crippen molar-refractivity contribution in [2.45, 2.75) is 46.0 Å². The molecular weight excluding hydrogens is 491 g/mol. The number of allylic oxidation sites excluding steroid dienone is 2. The normalized spacial score (nSPS) is 19.6. The number of ketones is 1. The molecule has 204 valence electrons. The van der Waals surface area contributed by atoms with E-state index in [4.69, 9.17) is 9.73 Å². The Balaban J connectivity index is 1.27. The third kappa shape index (κ3) is 6.19. The van der Waals surface area contributed by atoms with Crippen LogP contribution in [0.1, 0.15) is 60.5 Å². The lowest BCUT2D eigenvalue weighted by atomic mass is 9.89. The molecule has 2 aromatic rings. The van der Waals surface area contributed by atoms with Crippen molar-refractivity contribution >= 4 is 28.6 Å². The summed E-state index contributed by atoms with van der Waals surface area (Å²) in [6, 6.07) is 10.9. The first kappa shape index (κ1) is 27.0. The third-order valence-electron chi connectivity index (χ3n) is 8.04. The Bertz CT molecular complexity index is 1360. The highest BCUT2D eigenvalue weighted by Crippen LogP contribution is 2.31. The lowest BCUT2D eigenvalue weighted by Crippen LogP contribution is -2.41. The molecule has 0 aromatic heterocycles. The molecule has 1 fully saturated rings. The molecule has 2 atom stereocenters. The molecule has 7 heteroatoms. The van der Waals surface area contributed by atoms with Crippen molar-refractivity contribution < 1.29 is 13.9 Å². The summed E-state index contributed by atoms with van der Waals surface area (Å²) in [5.74, 6) is 1.66. The summed E-state index contributed by atoms with van der Waals surface area (Å²) in [5, 5.41) is 6.74. The van der Waals surface area contributed by atoms with Crippen molar-refractivity contribution in [3.63, 3.8) is 0 Å². The maximum atomic E-state index is 14.3. The number of amidine groups is 1. The molecule has 0 saturated carbocycles. The number of halogens is 1. The van der Waals surface area contributed by atoms with Crippen molar-refractivity contribution in [1.29, 1.82) is 0 Å². The summed E-state index contributed by atoms with van der Waals surface area (Å²) in [6.45, 7) is 6.26. The monoisotopic (exact) mass is 528 g/mol. The number of aliphatic imine (C=N–C) groups is 2. The second-order valence-corrected chi connectivity index (χ2v) is 10.9. The minimum atomic E-state index is -0.382. The molecule has 5 rings (SSSR count). The van der Waals surface area contributed by atoms with E-state index in [2.05, 4.69) is 21.7 Å². The van der Waals surface area contributed by atoms with Gasteiger partial charge in [-0.25, -0.2) is 9.38 Å². The zero-order valence-electron chi connectivity index (χ0n) is 23.0. The van der Waals surface area contributed by atoms with Crippen molar-refractivity contribution in [2.24, 2.45) is 27.7 Å². The molecule has 0 aliphatic carbocycles. The van der Waals surface area contributed by atoms with Gasteiger partial charge in [0, 0.05) is 35.5 Å². The maximum absolute atomic E-state index is 14.3. The van der Waals surface area contributed by atoms with E-state index in [0.29, 0.717) is 5.84 Å². The van der Waals surface area contributed by atoms with E-state index in [0.717, 1.165) is 78.4 Å². The molecule has 3 aliphatic heterocycles. The maximum Gasteiger partial charge on any atom is 0.165 e. The molecule has 3 aliphatic rings. The van der Waals surface area contributed by atoms with Gasteiger partial charge < -0.3 is 15.4 Å². The quantitative estimate of drug-likeness (QED) is 0.361. The third-order valence-corrected chi connectivity index (χ3v) is 8.04. The molecule has 3 heterocycles. The summed E-state index contributed by atoms with van der Waals surface area (Å²) in [6.07, 6.45) is 10.5. The zero-order chi connectivity index (χ0) is 27.4. The highest BCUT2D eigenvalue weighted by atomic mass is 19.1. The number of hydrogen-bond acceptors (Lipinski definition) is 6. The van der Waals surface area contributed by atoms with Crippen LogP contribution in [-0.4, -0.2) is 37.5 Å². The summed E-state index contributed by atoms with van der Waals surface area (Å²) >= 11 is 0. The molecule has 0 amide bonds. The SMILES string of the molecule is COc1ccc(C2=CN=C3C(Nc4ccc(C(=O)C(C)CCCC5CNC5)c(C)c4)=NC=CC3CC2)cc1F. The van der Waals surface area contributed by atoms with Crippen molar-refractivity contribution in [2.75, 3.05) is 25.5 Å². The Kier molecular flexibility index (Phi) is 8.36. The molecule has 0 radical (unpaired) electrons. The van der Waals surface area contributed by atoms with Gasteiger partial charge in [0.15, 0.2) is 23.2 Å². The first-order valence-electron chi connectivity index (χ1n) is 13.9. The number of aryl methyl sites for hydroxylation is 1. The van der Waals surface area contributed by atoms with E-state index in [1.807, 2.05) is 50.5 Å². The van der Waals surface area contributed by atoms with E-state index in [1.54, 1.807) is 6.07 Å². The van der Waals surface area contributed by atoms with Crippen LogP contribution in [0.3, 0.4) is 0 Å². The van der Waals surface area contributed by atoms with Gasteiger partial charge in [-0.05, 0) is 98.6 Å². The molecule has 0 bridgehead atoms. The Hall–Kier alpha value is -3.58. The Morgan fingerprint density at radius 1 is 1.21 bits per heavy atom. The van der Waals surface area contributed by atoms with Crippen LogP contribution in [0.2, 0.25) is 0 Å². The first-order chi connectivity index (χ1) is 18.9. The van der Waals surface area contributed by atoms with E-state index >= 15 is 0 Å². The number of anilines is 1. The number of Topliss-reactive ketones (excluding diaryl/α,β-unsaturated/α-hetero) is 1. The number of hydrogen-bond donors (Lipinski definition) is 2. The van der Waals surface area contributed by atoms with Crippen molar-refractivity contribution in [3.05, 3.63) is 77.4 Å². The van der Waals surface area contributed by atoms with E-state index in [9.17, 15) is 9.18 Å². The van der Waals surface area contributed by atoms with Crippen LogP contribution in [0.5, 0.6) is 5.75 Å². The average molecular weight is 529 g/mol. The van der Waals surface area contributed by atoms with Gasteiger partial charge in [0.1, 0.15) is 0 Å². The van der Waals surface area contributed by atoms with Crippen LogP contribution in [0.15, 0.2) is 64.9 Å². The average Bonchev–Trinajstić information content (AvgIpc) is 3.13. The summed E-state index contributed by atoms with van der Waals surface area (Å²) in [5.41, 5.74) is 5.24. The summed E-state index contributed by atoms with van der Waals surface area (Å²) < 4.78 is 19.4. The van der Waals surface area contributed by atoms with Gasteiger partial charge in [-0.3, -0.25) is 9.79 Å². The fraction of sp³-hybridized carbons (Fsp3) is 0.406.